The van der Waals surface area contributed by atoms with Crippen molar-refractivity contribution in [1.29, 1.82) is 0 Å². The molecule has 0 unspecified atom stereocenters. The van der Waals surface area contributed by atoms with Gasteiger partial charge in [-0.25, -0.2) is 0 Å². The van der Waals surface area contributed by atoms with Gasteiger partial charge in [0.15, 0.2) is 0 Å². The predicted octanol–water partition coefficient (Wildman–Crippen LogP) is 3.21. The number of benzene rings is 1. The zero-order valence-corrected chi connectivity index (χ0v) is 14.3. The Morgan fingerprint density at radius 2 is 2.00 bits per heavy atom. The molecule has 126 valence electrons. The van der Waals surface area contributed by atoms with E-state index in [-0.39, 0.29) is 0 Å². The normalized spacial score (nSPS) is 25.5. The van der Waals surface area contributed by atoms with Gasteiger partial charge in [0.25, 0.3) is 0 Å². The molecule has 0 saturated carbocycles. The van der Waals surface area contributed by atoms with Crippen molar-refractivity contribution in [2.45, 2.75) is 50.7 Å². The van der Waals surface area contributed by atoms with E-state index in [4.69, 9.17) is 0 Å². The van der Waals surface area contributed by atoms with Gasteiger partial charge in [-0.1, -0.05) is 30.7 Å². The molecule has 0 N–H and O–H groups in total. The van der Waals surface area contributed by atoms with Gasteiger partial charge in [0.05, 0.1) is 5.52 Å². The van der Waals surface area contributed by atoms with Crippen LogP contribution in [0.25, 0.3) is 10.9 Å². The zero-order valence-electron chi connectivity index (χ0n) is 14.3. The Morgan fingerprint density at radius 1 is 1.12 bits per heavy atom. The summed E-state index contributed by atoms with van der Waals surface area (Å²) in [6, 6.07) is 11.4. The number of amides is 1. The number of likely N-dealkylation sites (N-methyl/N-ethyl adjacent to an activating group) is 1. The van der Waals surface area contributed by atoms with Crippen molar-refractivity contribution in [3.05, 3.63) is 42.1 Å². The van der Waals surface area contributed by atoms with Gasteiger partial charge >= 0.3 is 0 Å². The van der Waals surface area contributed by atoms with Gasteiger partial charge in [0.1, 0.15) is 0 Å². The summed E-state index contributed by atoms with van der Waals surface area (Å²) in [6.07, 6.45) is 7.06. The first-order chi connectivity index (χ1) is 11.7. The minimum atomic E-state index is 0.318. The van der Waals surface area contributed by atoms with Gasteiger partial charge in [0.2, 0.25) is 5.91 Å². The molecule has 0 bridgehead atoms. The fourth-order valence-electron chi connectivity index (χ4n) is 4.43. The molecule has 2 aliphatic rings. The molecule has 0 aliphatic carbocycles. The van der Waals surface area contributed by atoms with Crippen LogP contribution in [0.1, 0.15) is 37.7 Å². The maximum absolute atomic E-state index is 12.2. The van der Waals surface area contributed by atoms with Crippen molar-refractivity contribution in [2.24, 2.45) is 0 Å². The molecule has 4 heteroatoms. The van der Waals surface area contributed by atoms with Crippen LogP contribution in [0.2, 0.25) is 0 Å². The molecule has 0 radical (unpaired) electrons. The summed E-state index contributed by atoms with van der Waals surface area (Å²) in [4.78, 5) is 21.4. The number of hydrogen-bond donors (Lipinski definition) is 0. The van der Waals surface area contributed by atoms with Gasteiger partial charge in [-0.3, -0.25) is 14.7 Å². The van der Waals surface area contributed by atoms with Crippen molar-refractivity contribution in [3.63, 3.8) is 0 Å². The lowest BCUT2D eigenvalue weighted by Crippen LogP contribution is -2.46. The quantitative estimate of drug-likeness (QED) is 0.851. The first-order valence-electron chi connectivity index (χ1n) is 9.06. The molecule has 2 fully saturated rings. The predicted molar refractivity (Wildman–Crippen MR) is 95.6 cm³/mol. The third-order valence-electron chi connectivity index (χ3n) is 5.75. The van der Waals surface area contributed by atoms with Crippen LogP contribution in [-0.2, 0) is 11.3 Å². The minimum Gasteiger partial charge on any atom is -0.341 e. The second-order valence-corrected chi connectivity index (χ2v) is 7.14. The monoisotopic (exact) mass is 323 g/mol. The van der Waals surface area contributed by atoms with Crippen molar-refractivity contribution < 1.29 is 4.79 Å². The van der Waals surface area contributed by atoms with E-state index in [1.165, 1.54) is 17.4 Å². The number of hydrogen-bond acceptors (Lipinski definition) is 3. The summed E-state index contributed by atoms with van der Waals surface area (Å²) in [6.45, 7) is 1.99. The van der Waals surface area contributed by atoms with Crippen LogP contribution in [-0.4, -0.2) is 46.4 Å². The highest BCUT2D eigenvalue weighted by atomic mass is 16.2. The van der Waals surface area contributed by atoms with E-state index in [2.05, 4.69) is 34.1 Å². The Kier molecular flexibility index (Phi) is 4.23. The number of rotatable bonds is 2. The maximum atomic E-state index is 12.2. The van der Waals surface area contributed by atoms with Gasteiger partial charge in [0, 0.05) is 50.2 Å². The first-order valence-corrected chi connectivity index (χ1v) is 9.06. The topological polar surface area (TPSA) is 36.4 Å². The molecule has 0 spiro atoms. The highest BCUT2D eigenvalue weighted by Crippen LogP contribution is 2.31. The molecule has 1 aromatic carbocycles. The second kappa shape index (κ2) is 6.52. The smallest absolute Gasteiger partial charge is 0.222 e. The molecule has 3 heterocycles. The standard InChI is InChI=1S/C20H25N3O/c1-22-17-11-13-23(18(17)9-2-3-10-19(22)24)14-16-7-4-6-15-8-5-12-21-20(15)16/h4-8,12,17-18H,2-3,9-11,13-14H2,1H3/t17-,18+/m0/s1. The average Bonchev–Trinajstić information content (AvgIpc) is 2.99. The van der Waals surface area contributed by atoms with Gasteiger partial charge in [-0.15, -0.1) is 0 Å². The molecule has 1 amide bonds. The molecule has 2 atom stereocenters. The first kappa shape index (κ1) is 15.6. The van der Waals surface area contributed by atoms with Crippen molar-refractivity contribution in [2.75, 3.05) is 13.6 Å². The molecule has 1 aromatic heterocycles. The van der Waals surface area contributed by atoms with Gasteiger partial charge in [-0.05, 0) is 30.9 Å². The third-order valence-corrected chi connectivity index (χ3v) is 5.75. The number of fused-ring (bicyclic) bond motifs is 2. The SMILES string of the molecule is CN1C(=O)CCCC[C@@H]2[C@@H]1CCN2Cc1cccc2cccnc12. The number of nitrogens with zero attached hydrogens (tertiary/aromatic N) is 3. The van der Waals surface area contributed by atoms with E-state index < -0.39 is 0 Å². The Labute approximate surface area is 143 Å². The number of aromatic nitrogens is 1. The number of para-hydroxylation sites is 1. The highest BCUT2D eigenvalue weighted by molar-refractivity contribution is 5.81. The van der Waals surface area contributed by atoms with Crippen LogP contribution in [0.15, 0.2) is 36.5 Å². The average molecular weight is 323 g/mol. The van der Waals surface area contributed by atoms with Crippen LogP contribution in [0.4, 0.5) is 0 Å². The Morgan fingerprint density at radius 3 is 2.92 bits per heavy atom. The molecule has 24 heavy (non-hydrogen) atoms. The number of likely N-dealkylation sites (tertiary alicyclic amines) is 2. The van der Waals surface area contributed by atoms with E-state index in [9.17, 15) is 4.79 Å². The van der Waals surface area contributed by atoms with Crippen LogP contribution in [0.3, 0.4) is 0 Å². The van der Waals surface area contributed by atoms with Gasteiger partial charge < -0.3 is 4.90 Å². The maximum Gasteiger partial charge on any atom is 0.222 e. The van der Waals surface area contributed by atoms with Crippen LogP contribution in [0, 0.1) is 0 Å². The molecular formula is C20H25N3O. The molecular weight excluding hydrogens is 298 g/mol. The summed E-state index contributed by atoms with van der Waals surface area (Å²) >= 11 is 0. The number of carbonyl (C=O) groups excluding carboxylic acids is 1. The largest absolute Gasteiger partial charge is 0.341 e. The van der Waals surface area contributed by atoms with E-state index in [0.29, 0.717) is 24.4 Å². The van der Waals surface area contributed by atoms with Gasteiger partial charge in [-0.2, -0.15) is 0 Å². The van der Waals surface area contributed by atoms with E-state index in [1.54, 1.807) is 0 Å². The Balaban J connectivity index is 1.59. The van der Waals surface area contributed by atoms with Crippen molar-refractivity contribution in [1.82, 2.24) is 14.8 Å². The fourth-order valence-corrected chi connectivity index (χ4v) is 4.43. The molecule has 2 aliphatic heterocycles. The van der Waals surface area contributed by atoms with Crippen molar-refractivity contribution >= 4 is 16.8 Å². The zero-order chi connectivity index (χ0) is 16.5. The molecule has 2 saturated heterocycles. The number of carbonyl (C=O) groups is 1. The summed E-state index contributed by atoms with van der Waals surface area (Å²) in [7, 11) is 1.99. The Bertz CT molecular complexity index is 739. The molecule has 4 rings (SSSR count). The summed E-state index contributed by atoms with van der Waals surface area (Å²) in [5, 5.41) is 1.20. The summed E-state index contributed by atoms with van der Waals surface area (Å²) in [5.41, 5.74) is 2.41. The summed E-state index contributed by atoms with van der Waals surface area (Å²) in [5.74, 6) is 0.318. The van der Waals surface area contributed by atoms with E-state index in [0.717, 1.165) is 37.9 Å². The number of pyridine rings is 1. The van der Waals surface area contributed by atoms with E-state index >= 15 is 0 Å². The lowest BCUT2D eigenvalue weighted by atomic mass is 9.97. The lowest BCUT2D eigenvalue weighted by Gasteiger charge is -2.35. The van der Waals surface area contributed by atoms with E-state index in [1.807, 2.05) is 24.2 Å². The summed E-state index contributed by atoms with van der Waals surface area (Å²) < 4.78 is 0. The van der Waals surface area contributed by atoms with Crippen LogP contribution < -0.4 is 0 Å². The Hall–Kier alpha value is -1.94. The minimum absolute atomic E-state index is 0.318. The third kappa shape index (κ3) is 2.80. The lowest BCUT2D eigenvalue weighted by molar-refractivity contribution is -0.133. The second-order valence-electron chi connectivity index (χ2n) is 7.14. The molecule has 4 nitrogen and oxygen atoms in total. The molecule has 2 aromatic rings. The van der Waals surface area contributed by atoms with Crippen LogP contribution in [0.5, 0.6) is 0 Å². The van der Waals surface area contributed by atoms with Crippen molar-refractivity contribution in [3.8, 4) is 0 Å². The fraction of sp³-hybridized carbons (Fsp3) is 0.500. The highest BCUT2D eigenvalue weighted by Gasteiger charge is 2.38. The van der Waals surface area contributed by atoms with Crippen LogP contribution >= 0.6 is 0 Å².